The van der Waals surface area contributed by atoms with Crippen LogP contribution in [-0.4, -0.2) is 74.5 Å². The quantitative estimate of drug-likeness (QED) is 0.641. The molecular formula is C21H22FN7O2. The highest BCUT2D eigenvalue weighted by molar-refractivity contribution is 5.92. The Kier molecular flexibility index (Phi) is 6.27. The number of hydrogen-bond acceptors (Lipinski definition) is 6. The summed E-state index contributed by atoms with van der Waals surface area (Å²) in [4.78, 5) is 29.8. The zero-order valence-electron chi connectivity index (χ0n) is 16.8. The molecule has 2 heterocycles. The smallest absolute Gasteiger partial charge is 0.246 e. The summed E-state index contributed by atoms with van der Waals surface area (Å²) in [7, 11) is 0. The van der Waals surface area contributed by atoms with E-state index in [0.29, 0.717) is 37.7 Å². The van der Waals surface area contributed by atoms with Crippen LogP contribution in [0.5, 0.6) is 0 Å². The molecule has 0 radical (unpaired) electrons. The topological polar surface area (TPSA) is 96.3 Å². The lowest BCUT2D eigenvalue weighted by molar-refractivity contribution is -0.134. The number of nitrogens with zero attached hydrogens (tertiary/aromatic N) is 6. The average molecular weight is 423 g/mol. The molecule has 0 atom stereocenters. The van der Waals surface area contributed by atoms with Gasteiger partial charge in [-0.1, -0.05) is 30.3 Å². The second-order valence-electron chi connectivity index (χ2n) is 7.22. The third-order valence-corrected chi connectivity index (χ3v) is 4.98. The molecule has 9 nitrogen and oxygen atoms in total. The number of carbonyl (C=O) groups is 2. The van der Waals surface area contributed by atoms with Gasteiger partial charge in [0, 0.05) is 37.4 Å². The monoisotopic (exact) mass is 423 g/mol. The van der Waals surface area contributed by atoms with Gasteiger partial charge >= 0.3 is 0 Å². The van der Waals surface area contributed by atoms with Gasteiger partial charge in [-0.2, -0.15) is 4.80 Å². The van der Waals surface area contributed by atoms with E-state index < -0.39 is 0 Å². The Morgan fingerprint density at radius 1 is 0.935 bits per heavy atom. The predicted molar refractivity (Wildman–Crippen MR) is 111 cm³/mol. The van der Waals surface area contributed by atoms with Crippen LogP contribution < -0.4 is 5.32 Å². The zero-order valence-corrected chi connectivity index (χ0v) is 16.8. The first kappa shape index (κ1) is 20.6. The molecule has 1 aliphatic rings. The fourth-order valence-corrected chi connectivity index (χ4v) is 3.33. The number of hydrogen-bond donors (Lipinski definition) is 1. The highest BCUT2D eigenvalue weighted by atomic mass is 19.1. The Morgan fingerprint density at radius 2 is 1.65 bits per heavy atom. The van der Waals surface area contributed by atoms with Gasteiger partial charge in [-0.3, -0.25) is 14.5 Å². The van der Waals surface area contributed by atoms with Crippen LogP contribution in [0.15, 0.2) is 54.6 Å². The Balaban J connectivity index is 1.23. The molecule has 4 rings (SSSR count). The van der Waals surface area contributed by atoms with Crippen molar-refractivity contribution in [1.29, 1.82) is 0 Å². The minimum absolute atomic E-state index is 0.0187. The maximum Gasteiger partial charge on any atom is 0.246 e. The van der Waals surface area contributed by atoms with E-state index in [9.17, 15) is 14.0 Å². The van der Waals surface area contributed by atoms with E-state index in [1.165, 1.54) is 29.1 Å². The van der Waals surface area contributed by atoms with Crippen LogP contribution in [0.4, 0.5) is 10.1 Å². The van der Waals surface area contributed by atoms with Crippen LogP contribution >= 0.6 is 0 Å². The first-order valence-corrected chi connectivity index (χ1v) is 9.95. The molecule has 1 aromatic heterocycles. The van der Waals surface area contributed by atoms with E-state index in [2.05, 4.69) is 20.7 Å². The van der Waals surface area contributed by atoms with Crippen molar-refractivity contribution >= 4 is 17.5 Å². The summed E-state index contributed by atoms with van der Waals surface area (Å²) in [6.45, 7) is 2.44. The highest BCUT2D eigenvalue weighted by Gasteiger charge is 2.23. The molecule has 160 valence electrons. The molecule has 10 heteroatoms. The van der Waals surface area contributed by atoms with Gasteiger partial charge < -0.3 is 10.2 Å². The Labute approximate surface area is 178 Å². The van der Waals surface area contributed by atoms with E-state index >= 15 is 0 Å². The fourth-order valence-electron chi connectivity index (χ4n) is 3.33. The Bertz CT molecular complexity index is 1030. The van der Waals surface area contributed by atoms with Crippen molar-refractivity contribution in [2.45, 2.75) is 6.54 Å². The number of amides is 2. The third kappa shape index (κ3) is 5.48. The maximum absolute atomic E-state index is 12.9. The molecule has 0 unspecified atom stereocenters. The molecule has 2 amide bonds. The molecule has 0 spiro atoms. The van der Waals surface area contributed by atoms with Crippen LogP contribution in [0.3, 0.4) is 0 Å². The van der Waals surface area contributed by atoms with Crippen LogP contribution in [-0.2, 0) is 16.1 Å². The summed E-state index contributed by atoms with van der Waals surface area (Å²) >= 11 is 0. The third-order valence-electron chi connectivity index (χ3n) is 4.98. The van der Waals surface area contributed by atoms with Crippen molar-refractivity contribution in [2.24, 2.45) is 0 Å². The van der Waals surface area contributed by atoms with E-state index in [0.717, 1.165) is 5.56 Å². The van der Waals surface area contributed by atoms with Gasteiger partial charge in [0.15, 0.2) is 0 Å². The number of piperazine rings is 1. The first-order valence-electron chi connectivity index (χ1n) is 9.95. The normalized spacial score (nSPS) is 14.4. The van der Waals surface area contributed by atoms with Crippen molar-refractivity contribution in [1.82, 2.24) is 30.0 Å². The lowest BCUT2D eigenvalue weighted by Gasteiger charge is -2.34. The first-order chi connectivity index (χ1) is 15.1. The van der Waals surface area contributed by atoms with Gasteiger partial charge in [-0.15, -0.1) is 10.2 Å². The number of nitrogens with one attached hydrogen (secondary N) is 1. The number of aromatic nitrogens is 4. The summed E-state index contributed by atoms with van der Waals surface area (Å²) in [5, 5.41) is 15.0. The fraction of sp³-hybridized carbons (Fsp3) is 0.286. The maximum atomic E-state index is 12.9. The SMILES string of the molecule is O=C(CN1CCN(C(=O)Cn2nnc(-c3ccccc3)n2)CC1)Nc1ccc(F)cc1. The van der Waals surface area contributed by atoms with Gasteiger partial charge in [0.25, 0.3) is 0 Å². The van der Waals surface area contributed by atoms with Crippen molar-refractivity contribution < 1.29 is 14.0 Å². The van der Waals surface area contributed by atoms with Crippen LogP contribution in [0.1, 0.15) is 0 Å². The molecule has 1 saturated heterocycles. The minimum Gasteiger partial charge on any atom is -0.338 e. The number of halogens is 1. The van der Waals surface area contributed by atoms with E-state index in [-0.39, 0.29) is 30.7 Å². The summed E-state index contributed by atoms with van der Waals surface area (Å²) in [6, 6.07) is 15.1. The molecule has 2 aromatic carbocycles. The van der Waals surface area contributed by atoms with Gasteiger partial charge in [0.2, 0.25) is 17.6 Å². The van der Waals surface area contributed by atoms with Crippen LogP contribution in [0, 0.1) is 5.82 Å². The number of tetrazole rings is 1. The summed E-state index contributed by atoms with van der Waals surface area (Å²) in [5.41, 5.74) is 1.39. The molecule has 0 bridgehead atoms. The van der Waals surface area contributed by atoms with Crippen LogP contribution in [0.25, 0.3) is 11.4 Å². The zero-order chi connectivity index (χ0) is 21.6. The van der Waals surface area contributed by atoms with E-state index in [1.54, 1.807) is 4.90 Å². The molecule has 0 saturated carbocycles. The second-order valence-corrected chi connectivity index (χ2v) is 7.22. The lowest BCUT2D eigenvalue weighted by atomic mass is 10.2. The van der Waals surface area contributed by atoms with Gasteiger partial charge in [-0.05, 0) is 29.5 Å². The van der Waals surface area contributed by atoms with Crippen molar-refractivity contribution in [3.63, 3.8) is 0 Å². The molecule has 31 heavy (non-hydrogen) atoms. The van der Waals surface area contributed by atoms with Gasteiger partial charge in [0.1, 0.15) is 12.4 Å². The number of carbonyl (C=O) groups excluding carboxylic acids is 2. The van der Waals surface area contributed by atoms with E-state index in [1.807, 2.05) is 35.2 Å². The van der Waals surface area contributed by atoms with Crippen molar-refractivity contribution in [2.75, 3.05) is 38.0 Å². The summed E-state index contributed by atoms with van der Waals surface area (Å²) < 4.78 is 12.9. The van der Waals surface area contributed by atoms with E-state index in [4.69, 9.17) is 0 Å². The van der Waals surface area contributed by atoms with Gasteiger partial charge in [0.05, 0.1) is 6.54 Å². The summed E-state index contributed by atoms with van der Waals surface area (Å²) in [6.07, 6.45) is 0. The molecule has 0 aliphatic carbocycles. The summed E-state index contributed by atoms with van der Waals surface area (Å²) in [5.74, 6) is -0.138. The Hall–Kier alpha value is -3.66. The predicted octanol–water partition coefficient (Wildman–Crippen LogP) is 1.26. The molecular weight excluding hydrogens is 401 g/mol. The minimum atomic E-state index is -0.351. The largest absolute Gasteiger partial charge is 0.338 e. The molecule has 3 aromatic rings. The van der Waals surface area contributed by atoms with Gasteiger partial charge in [-0.25, -0.2) is 4.39 Å². The van der Waals surface area contributed by atoms with Crippen LogP contribution in [0.2, 0.25) is 0 Å². The standard InChI is InChI=1S/C21H22FN7O2/c22-17-6-8-18(9-7-17)23-19(30)14-27-10-12-28(13-11-27)20(31)15-29-25-21(24-26-29)16-4-2-1-3-5-16/h1-9H,10-15H2,(H,23,30). The molecule has 1 fully saturated rings. The molecule has 1 aliphatic heterocycles. The number of rotatable bonds is 6. The highest BCUT2D eigenvalue weighted by Crippen LogP contribution is 2.12. The van der Waals surface area contributed by atoms with Crippen molar-refractivity contribution in [3.8, 4) is 11.4 Å². The number of anilines is 1. The number of benzene rings is 2. The molecule has 1 N–H and O–H groups in total. The Morgan fingerprint density at radius 3 is 2.35 bits per heavy atom. The second kappa shape index (κ2) is 9.43. The average Bonchev–Trinajstić information content (AvgIpc) is 3.25. The van der Waals surface area contributed by atoms with Crippen molar-refractivity contribution in [3.05, 3.63) is 60.4 Å². The lowest BCUT2D eigenvalue weighted by Crippen LogP contribution is -2.51.